The largest absolute Gasteiger partial charge is 0.391 e. The second-order valence-corrected chi connectivity index (χ2v) is 7.57. The molecular weight excluding hydrogens is 327 g/mol. The van der Waals surface area contributed by atoms with Gasteiger partial charge in [0, 0.05) is 12.0 Å². The number of nitrogens with one attached hydrogen (secondary N) is 1. The first-order chi connectivity index (χ1) is 11.9. The first-order valence-corrected chi connectivity index (χ1v) is 9.35. The van der Waals surface area contributed by atoms with Crippen LogP contribution in [0.1, 0.15) is 62.8 Å². The van der Waals surface area contributed by atoms with Crippen molar-refractivity contribution in [3.63, 3.8) is 0 Å². The van der Waals surface area contributed by atoms with Crippen LogP contribution in [0, 0.1) is 11.8 Å². The summed E-state index contributed by atoms with van der Waals surface area (Å²) >= 11 is 0. The zero-order valence-corrected chi connectivity index (χ0v) is 14.4. The fraction of sp³-hybridized carbons (Fsp3) is 0.650. The highest BCUT2D eigenvalue weighted by atomic mass is 19.4. The van der Waals surface area contributed by atoms with Crippen molar-refractivity contribution in [1.29, 1.82) is 0 Å². The summed E-state index contributed by atoms with van der Waals surface area (Å²) in [7, 11) is 0. The van der Waals surface area contributed by atoms with Crippen LogP contribution in [0.15, 0.2) is 30.3 Å². The maximum absolute atomic E-state index is 12.9. The Morgan fingerprint density at radius 2 is 1.64 bits per heavy atom. The van der Waals surface area contributed by atoms with Crippen LogP contribution < -0.4 is 5.32 Å². The molecule has 1 aromatic rings. The van der Waals surface area contributed by atoms with E-state index >= 15 is 0 Å². The van der Waals surface area contributed by atoms with Crippen molar-refractivity contribution in [1.82, 2.24) is 5.32 Å². The van der Waals surface area contributed by atoms with E-state index in [0.29, 0.717) is 18.8 Å². The molecule has 5 heteroatoms. The first-order valence-electron chi connectivity index (χ1n) is 9.35. The van der Waals surface area contributed by atoms with Crippen molar-refractivity contribution in [2.24, 2.45) is 11.8 Å². The number of rotatable bonds is 3. The molecule has 2 nitrogen and oxygen atoms in total. The number of amides is 1. The molecule has 0 heterocycles. The standard InChI is InChI=1S/C20H26F3NO/c21-20(22,23)17-8-4-7-16(13-17)19(25)24-18-11-9-15(10-12-18)14-5-2-1-3-6-14/h1-3,5-6,15-18H,4,7-13H2,(H,24,25). The Balaban J connectivity index is 1.48. The minimum Gasteiger partial charge on any atom is -0.353 e. The highest BCUT2D eigenvalue weighted by Gasteiger charge is 2.43. The maximum atomic E-state index is 12.9. The summed E-state index contributed by atoms with van der Waals surface area (Å²) in [5, 5.41) is 3.03. The van der Waals surface area contributed by atoms with E-state index in [1.807, 2.05) is 18.2 Å². The van der Waals surface area contributed by atoms with E-state index in [1.165, 1.54) is 5.56 Å². The van der Waals surface area contributed by atoms with Gasteiger partial charge in [0.25, 0.3) is 0 Å². The van der Waals surface area contributed by atoms with Gasteiger partial charge >= 0.3 is 6.18 Å². The Bertz CT molecular complexity index is 564. The Hall–Kier alpha value is -1.52. The van der Waals surface area contributed by atoms with Gasteiger partial charge in [-0.25, -0.2) is 0 Å². The van der Waals surface area contributed by atoms with E-state index in [2.05, 4.69) is 17.4 Å². The Morgan fingerprint density at radius 3 is 2.28 bits per heavy atom. The monoisotopic (exact) mass is 353 g/mol. The maximum Gasteiger partial charge on any atom is 0.391 e. The number of halogens is 3. The van der Waals surface area contributed by atoms with Gasteiger partial charge in [-0.15, -0.1) is 0 Å². The van der Waals surface area contributed by atoms with Crippen LogP contribution in [-0.4, -0.2) is 18.1 Å². The van der Waals surface area contributed by atoms with Crippen LogP contribution >= 0.6 is 0 Å². The van der Waals surface area contributed by atoms with E-state index in [4.69, 9.17) is 0 Å². The van der Waals surface area contributed by atoms with E-state index in [-0.39, 0.29) is 24.8 Å². The zero-order chi connectivity index (χ0) is 17.9. The predicted octanol–water partition coefficient (Wildman–Crippen LogP) is 5.20. The molecule has 3 rings (SSSR count). The summed E-state index contributed by atoms with van der Waals surface area (Å²) in [6.45, 7) is 0. The lowest BCUT2D eigenvalue weighted by atomic mass is 9.79. The van der Waals surface area contributed by atoms with Crippen molar-refractivity contribution in [2.75, 3.05) is 0 Å². The van der Waals surface area contributed by atoms with Gasteiger partial charge in [0.2, 0.25) is 5.91 Å². The summed E-state index contributed by atoms with van der Waals surface area (Å²) in [5.41, 5.74) is 1.34. The SMILES string of the molecule is O=C(NC1CCC(c2ccccc2)CC1)C1CCCC(C(F)(F)F)C1. The van der Waals surface area contributed by atoms with Gasteiger partial charge in [-0.3, -0.25) is 4.79 Å². The molecule has 138 valence electrons. The number of carbonyl (C=O) groups excluding carboxylic acids is 1. The third-order valence-corrected chi connectivity index (χ3v) is 5.85. The summed E-state index contributed by atoms with van der Waals surface area (Å²) in [6.07, 6.45) is 0.856. The summed E-state index contributed by atoms with van der Waals surface area (Å²) in [4.78, 5) is 12.4. The fourth-order valence-electron chi connectivity index (χ4n) is 4.34. The first kappa shape index (κ1) is 18.3. The highest BCUT2D eigenvalue weighted by molar-refractivity contribution is 5.79. The number of alkyl halides is 3. The molecule has 2 fully saturated rings. The Kier molecular flexibility index (Phi) is 5.70. The van der Waals surface area contributed by atoms with E-state index in [1.54, 1.807) is 0 Å². The minimum absolute atomic E-state index is 0.0469. The van der Waals surface area contributed by atoms with Crippen molar-refractivity contribution in [3.05, 3.63) is 35.9 Å². The Morgan fingerprint density at radius 1 is 0.960 bits per heavy atom. The lowest BCUT2D eigenvalue weighted by Gasteiger charge is -2.33. The highest BCUT2D eigenvalue weighted by Crippen LogP contribution is 2.40. The van der Waals surface area contributed by atoms with Gasteiger partial charge in [-0.1, -0.05) is 36.8 Å². The van der Waals surface area contributed by atoms with Gasteiger partial charge in [0.05, 0.1) is 5.92 Å². The van der Waals surface area contributed by atoms with Gasteiger partial charge in [0.1, 0.15) is 0 Å². The quantitative estimate of drug-likeness (QED) is 0.795. The number of benzene rings is 1. The third-order valence-electron chi connectivity index (χ3n) is 5.85. The topological polar surface area (TPSA) is 29.1 Å². The average molecular weight is 353 g/mol. The summed E-state index contributed by atoms with van der Waals surface area (Å²) in [5.74, 6) is -1.44. The molecular formula is C20H26F3NO. The molecule has 2 atom stereocenters. The minimum atomic E-state index is -4.17. The molecule has 1 amide bonds. The van der Waals surface area contributed by atoms with Gasteiger partial charge in [-0.2, -0.15) is 13.2 Å². The smallest absolute Gasteiger partial charge is 0.353 e. The molecule has 0 bridgehead atoms. The second kappa shape index (κ2) is 7.79. The molecule has 2 aliphatic carbocycles. The third kappa shape index (κ3) is 4.77. The zero-order valence-electron chi connectivity index (χ0n) is 14.4. The van der Waals surface area contributed by atoms with Gasteiger partial charge < -0.3 is 5.32 Å². The lowest BCUT2D eigenvalue weighted by Crippen LogP contribution is -2.43. The number of carbonyl (C=O) groups is 1. The molecule has 2 unspecified atom stereocenters. The van der Waals surface area contributed by atoms with Crippen molar-refractivity contribution < 1.29 is 18.0 Å². The molecule has 0 radical (unpaired) electrons. The van der Waals surface area contributed by atoms with E-state index in [9.17, 15) is 18.0 Å². The van der Waals surface area contributed by atoms with Crippen LogP contribution in [0.3, 0.4) is 0 Å². The van der Waals surface area contributed by atoms with Crippen LogP contribution in [-0.2, 0) is 4.79 Å². The molecule has 2 aliphatic rings. The number of hydrogen-bond acceptors (Lipinski definition) is 1. The van der Waals surface area contributed by atoms with Crippen molar-refractivity contribution in [3.8, 4) is 0 Å². The van der Waals surface area contributed by atoms with Crippen LogP contribution in [0.5, 0.6) is 0 Å². The molecule has 0 aromatic heterocycles. The van der Waals surface area contributed by atoms with Crippen molar-refractivity contribution in [2.45, 2.75) is 69.5 Å². The van der Waals surface area contributed by atoms with Crippen molar-refractivity contribution >= 4 is 5.91 Å². The second-order valence-electron chi connectivity index (χ2n) is 7.57. The molecule has 25 heavy (non-hydrogen) atoms. The summed E-state index contributed by atoms with van der Waals surface area (Å²) in [6, 6.07) is 10.5. The summed E-state index contributed by atoms with van der Waals surface area (Å²) < 4.78 is 38.7. The number of hydrogen-bond donors (Lipinski definition) is 1. The van der Waals surface area contributed by atoms with Gasteiger partial charge in [-0.05, 0) is 56.4 Å². The normalized spacial score (nSPS) is 30.7. The van der Waals surface area contributed by atoms with Gasteiger partial charge in [0.15, 0.2) is 0 Å². The molecule has 0 saturated heterocycles. The van der Waals surface area contributed by atoms with E-state index < -0.39 is 18.0 Å². The van der Waals surface area contributed by atoms with Crippen LogP contribution in [0.4, 0.5) is 13.2 Å². The fourth-order valence-corrected chi connectivity index (χ4v) is 4.34. The van der Waals surface area contributed by atoms with Crippen LogP contribution in [0.25, 0.3) is 0 Å². The molecule has 0 spiro atoms. The molecule has 2 saturated carbocycles. The molecule has 1 aromatic carbocycles. The van der Waals surface area contributed by atoms with E-state index in [0.717, 1.165) is 25.7 Å². The average Bonchev–Trinajstić information content (AvgIpc) is 2.62. The predicted molar refractivity (Wildman–Crippen MR) is 91.1 cm³/mol. The van der Waals surface area contributed by atoms with Crippen LogP contribution in [0.2, 0.25) is 0 Å². The Labute approximate surface area is 147 Å². The molecule has 0 aliphatic heterocycles. The molecule has 1 N–H and O–H groups in total. The lowest BCUT2D eigenvalue weighted by molar-refractivity contribution is -0.186.